The molecule has 8 N–H and O–H groups in total. The van der Waals surface area contributed by atoms with Crippen molar-refractivity contribution >= 4 is 16.9 Å². The lowest BCUT2D eigenvalue weighted by Crippen LogP contribution is -2.59. The normalized spacial score (nSPS) is 30.9. The van der Waals surface area contributed by atoms with Gasteiger partial charge in [0.1, 0.15) is 41.5 Å². The minimum Gasteiger partial charge on any atom is -0.504 e. The second-order valence-corrected chi connectivity index (χ2v) is 11.1. The molecule has 47 heavy (non-hydrogen) atoms. The van der Waals surface area contributed by atoms with Gasteiger partial charge in [-0.15, -0.1) is 0 Å². The van der Waals surface area contributed by atoms with Gasteiger partial charge in [0, 0.05) is 18.6 Å². The van der Waals surface area contributed by atoms with Crippen LogP contribution in [0.25, 0.3) is 22.3 Å². The Balaban J connectivity index is 1.67. The summed E-state index contributed by atoms with van der Waals surface area (Å²) in [4.78, 5) is 25.8. The maximum absolute atomic E-state index is 14.0. The largest absolute Gasteiger partial charge is 0.504 e. The number of hydrogen-bond donors (Lipinski definition) is 8. The highest BCUT2D eigenvalue weighted by Crippen LogP contribution is 2.46. The number of benzene rings is 2. The third-order valence-corrected chi connectivity index (χ3v) is 7.85. The minimum atomic E-state index is -1.85. The third-order valence-electron chi connectivity index (χ3n) is 7.85. The summed E-state index contributed by atoms with van der Waals surface area (Å²) < 4.78 is 39.1. The van der Waals surface area contributed by atoms with E-state index in [-0.39, 0.29) is 16.9 Å². The van der Waals surface area contributed by atoms with Gasteiger partial charge in [-0.3, -0.25) is 9.59 Å². The number of aromatic hydroxyl groups is 3. The first-order chi connectivity index (χ1) is 22.1. The van der Waals surface area contributed by atoms with Crippen LogP contribution in [0, 0.1) is 0 Å². The molecule has 256 valence electrons. The summed E-state index contributed by atoms with van der Waals surface area (Å²) in [5.41, 5.74) is -1.46. The quantitative estimate of drug-likeness (QED) is 0.117. The predicted molar refractivity (Wildman–Crippen MR) is 155 cm³/mol. The molecule has 0 saturated carbocycles. The monoisotopic (exact) mass is 666 g/mol. The minimum absolute atomic E-state index is 0.0394. The number of aliphatic hydroxyl groups is 5. The molecule has 3 heterocycles. The molecule has 0 spiro atoms. The van der Waals surface area contributed by atoms with E-state index in [1.54, 1.807) is 0 Å². The number of ether oxygens (including phenoxy) is 6. The summed E-state index contributed by atoms with van der Waals surface area (Å²) in [7, 11) is 1.13. The van der Waals surface area contributed by atoms with Crippen LogP contribution in [0.5, 0.6) is 34.5 Å². The van der Waals surface area contributed by atoms with Crippen molar-refractivity contribution in [3.05, 3.63) is 34.5 Å². The molecule has 5 rings (SSSR count). The number of phenols is 3. The lowest BCUT2D eigenvalue weighted by atomic mass is 9.99. The van der Waals surface area contributed by atoms with E-state index in [1.807, 2.05) is 0 Å². The van der Waals surface area contributed by atoms with E-state index in [4.69, 9.17) is 32.8 Å². The molecule has 2 aliphatic heterocycles. The molecule has 0 bridgehead atoms. The lowest BCUT2D eigenvalue weighted by Gasteiger charge is -2.40. The Hall–Kier alpha value is -4.36. The molecule has 17 heteroatoms. The van der Waals surface area contributed by atoms with Crippen molar-refractivity contribution in [3.63, 3.8) is 0 Å². The van der Waals surface area contributed by atoms with E-state index in [1.165, 1.54) is 19.9 Å². The number of methoxy groups -OCH3 is 1. The van der Waals surface area contributed by atoms with Crippen LogP contribution in [0.4, 0.5) is 0 Å². The molecule has 2 aromatic carbocycles. The number of hydrogen-bond acceptors (Lipinski definition) is 17. The first-order valence-electron chi connectivity index (χ1n) is 14.3. The zero-order chi connectivity index (χ0) is 34.5. The maximum atomic E-state index is 14.0. The van der Waals surface area contributed by atoms with Gasteiger partial charge in [0.15, 0.2) is 34.9 Å². The van der Waals surface area contributed by atoms with Crippen LogP contribution in [0.2, 0.25) is 0 Å². The van der Waals surface area contributed by atoms with E-state index < -0.39 is 113 Å². The van der Waals surface area contributed by atoms with Gasteiger partial charge in [-0.05, 0) is 32.0 Å². The number of aliphatic hydroxyl groups excluding tert-OH is 5. The van der Waals surface area contributed by atoms with Crippen LogP contribution in [-0.4, -0.2) is 115 Å². The van der Waals surface area contributed by atoms with Gasteiger partial charge in [-0.1, -0.05) is 0 Å². The van der Waals surface area contributed by atoms with E-state index in [9.17, 15) is 50.4 Å². The highest BCUT2D eigenvalue weighted by Gasteiger charge is 2.47. The van der Waals surface area contributed by atoms with E-state index >= 15 is 0 Å². The summed E-state index contributed by atoms with van der Waals surface area (Å²) in [5, 5.41) is 82.6. The molecule has 0 radical (unpaired) electrons. The van der Waals surface area contributed by atoms with E-state index in [0.717, 1.165) is 32.2 Å². The number of phenolic OH excluding ortho intramolecular Hbond substituents is 3. The Morgan fingerprint density at radius 1 is 0.787 bits per heavy atom. The summed E-state index contributed by atoms with van der Waals surface area (Å²) in [6, 6.07) is 4.47. The van der Waals surface area contributed by atoms with Crippen LogP contribution in [0.15, 0.2) is 33.5 Å². The van der Waals surface area contributed by atoms with Gasteiger partial charge in [-0.2, -0.15) is 0 Å². The van der Waals surface area contributed by atoms with Crippen molar-refractivity contribution in [2.75, 3.05) is 7.11 Å². The van der Waals surface area contributed by atoms with E-state index in [0.29, 0.717) is 0 Å². The Labute approximate surface area is 265 Å². The number of rotatable bonds is 7. The molecule has 0 aliphatic carbocycles. The predicted octanol–water partition coefficient (Wildman–Crippen LogP) is -0.431. The standard InChI is InChI=1S/C30H34O17/c1-9-18(34)22(38)24(40)29(42-9)47-27-21(37)17-15(45-25(27)12-5-6-13(32)14(33)7-12)8-16(26(41-4)20(17)36)46-30-28(44-11(3)31)23(39)19(35)10(2)43-30/h5-10,18-19,22-24,28-30,32-36,38-40H,1-4H3/t9?,10?,18-,19-,22?,23-,24-,28?,29-,30-/m0/s1. The third kappa shape index (κ3) is 6.21. The second kappa shape index (κ2) is 13.0. The zero-order valence-corrected chi connectivity index (χ0v) is 25.3. The van der Waals surface area contributed by atoms with Gasteiger partial charge in [0.05, 0.1) is 19.3 Å². The molecule has 2 fully saturated rings. The Kier molecular flexibility index (Phi) is 9.43. The number of esters is 1. The van der Waals surface area contributed by atoms with Gasteiger partial charge in [0.2, 0.25) is 29.5 Å². The van der Waals surface area contributed by atoms with Crippen molar-refractivity contribution in [2.24, 2.45) is 0 Å². The van der Waals surface area contributed by atoms with Gasteiger partial charge in [0.25, 0.3) is 0 Å². The second-order valence-electron chi connectivity index (χ2n) is 11.1. The van der Waals surface area contributed by atoms with Crippen LogP contribution in [-0.2, 0) is 19.0 Å². The Bertz CT molecular complexity index is 1700. The van der Waals surface area contributed by atoms with Crippen LogP contribution < -0.4 is 19.6 Å². The number of carbonyl (C=O) groups excluding carboxylic acids is 1. The molecule has 4 unspecified atom stereocenters. The van der Waals surface area contributed by atoms with Crippen molar-refractivity contribution < 1.29 is 78.5 Å². The zero-order valence-electron chi connectivity index (χ0n) is 25.3. The Morgan fingerprint density at radius 3 is 2.04 bits per heavy atom. The van der Waals surface area contributed by atoms with Crippen LogP contribution in [0.1, 0.15) is 20.8 Å². The fourth-order valence-corrected chi connectivity index (χ4v) is 5.29. The molecule has 17 nitrogen and oxygen atoms in total. The summed E-state index contributed by atoms with van der Waals surface area (Å²) >= 11 is 0. The van der Waals surface area contributed by atoms with Crippen molar-refractivity contribution in [1.29, 1.82) is 0 Å². The fourth-order valence-electron chi connectivity index (χ4n) is 5.29. The average Bonchev–Trinajstić information content (AvgIpc) is 3.01. The van der Waals surface area contributed by atoms with Crippen LogP contribution in [0.3, 0.4) is 0 Å². The first kappa shape index (κ1) is 34.0. The highest BCUT2D eigenvalue weighted by molar-refractivity contribution is 5.91. The SMILES string of the molecule is COc1c(O[C@@H]2OC(C)[C@H](O)[C@H](O)C2OC(C)=O)cc2oc(-c3ccc(O)c(O)c3)c(O[C@@H]3OC(C)[C@H](O)C(O)[C@@H]3O)c(=O)c2c1O. The molecular formula is C30H34O17. The van der Waals surface area contributed by atoms with Gasteiger partial charge < -0.3 is 73.7 Å². The molecule has 1 aromatic heterocycles. The Morgan fingerprint density at radius 2 is 1.43 bits per heavy atom. The summed E-state index contributed by atoms with van der Waals surface area (Å²) in [6.07, 6.45) is -15.1. The van der Waals surface area contributed by atoms with Crippen LogP contribution >= 0.6 is 0 Å². The molecule has 3 aromatic rings. The van der Waals surface area contributed by atoms with Gasteiger partial charge in [-0.25, -0.2) is 0 Å². The smallest absolute Gasteiger partial charge is 0.303 e. The highest BCUT2D eigenvalue weighted by atomic mass is 16.7. The van der Waals surface area contributed by atoms with E-state index in [2.05, 4.69) is 0 Å². The molecule has 2 aliphatic rings. The maximum Gasteiger partial charge on any atom is 0.303 e. The summed E-state index contributed by atoms with van der Waals surface area (Å²) in [6.45, 7) is 3.88. The molecular weight excluding hydrogens is 632 g/mol. The fraction of sp³-hybridized carbons (Fsp3) is 0.467. The van der Waals surface area contributed by atoms with Gasteiger partial charge >= 0.3 is 5.97 Å². The van der Waals surface area contributed by atoms with Crippen molar-refractivity contribution in [3.8, 4) is 45.8 Å². The van der Waals surface area contributed by atoms with Crippen molar-refractivity contribution in [1.82, 2.24) is 0 Å². The number of fused-ring (bicyclic) bond motifs is 1. The van der Waals surface area contributed by atoms with Crippen molar-refractivity contribution in [2.45, 2.75) is 82.2 Å². The lowest BCUT2D eigenvalue weighted by molar-refractivity contribution is -0.273. The molecule has 0 amide bonds. The first-order valence-corrected chi connectivity index (χ1v) is 14.3. The molecule has 2 saturated heterocycles. The average molecular weight is 667 g/mol. The number of carbonyl (C=O) groups is 1. The summed E-state index contributed by atoms with van der Waals surface area (Å²) in [5.74, 6) is -4.63. The topological polar surface area (TPSA) is 264 Å². The molecule has 10 atom stereocenters.